The number of benzene rings is 1. The van der Waals surface area contributed by atoms with Crippen LogP contribution in [0.15, 0.2) is 23.1 Å². The number of carbonyl (C=O) groups is 1. The number of hydrogen-bond acceptors (Lipinski definition) is 5. The van der Waals surface area contributed by atoms with Crippen LogP contribution in [0.5, 0.6) is 0 Å². The lowest BCUT2D eigenvalue weighted by atomic mass is 10.00. The molecule has 0 unspecified atom stereocenters. The SMILES string of the molecule is C[C@@H](O)CCNS(=O)(=O)c1ccc2c(c1)CCN(C(=O)CO)C2. The molecule has 0 aromatic heterocycles. The van der Waals surface area contributed by atoms with Crippen LogP contribution >= 0.6 is 0 Å². The van der Waals surface area contributed by atoms with Gasteiger partial charge in [0.25, 0.3) is 0 Å². The number of nitrogens with one attached hydrogen (secondary N) is 1. The van der Waals surface area contributed by atoms with Crippen LogP contribution in [0.2, 0.25) is 0 Å². The highest BCUT2D eigenvalue weighted by atomic mass is 32.2. The van der Waals surface area contributed by atoms with Gasteiger partial charge in [0.2, 0.25) is 15.9 Å². The van der Waals surface area contributed by atoms with Crippen LogP contribution in [0.25, 0.3) is 0 Å². The second kappa shape index (κ2) is 7.39. The lowest BCUT2D eigenvalue weighted by Gasteiger charge is -2.28. The Morgan fingerprint density at radius 2 is 2.13 bits per heavy atom. The second-order valence-electron chi connectivity index (χ2n) is 5.69. The average molecular weight is 342 g/mol. The Balaban J connectivity index is 2.11. The van der Waals surface area contributed by atoms with Crippen molar-refractivity contribution >= 4 is 15.9 Å². The Hall–Kier alpha value is -1.48. The van der Waals surface area contributed by atoms with Crippen LogP contribution in [0.3, 0.4) is 0 Å². The topological polar surface area (TPSA) is 107 Å². The summed E-state index contributed by atoms with van der Waals surface area (Å²) in [6, 6.07) is 4.84. The fourth-order valence-corrected chi connectivity index (χ4v) is 3.59. The van der Waals surface area contributed by atoms with E-state index in [4.69, 9.17) is 5.11 Å². The predicted octanol–water partition coefficient (Wildman–Crippen LogP) is -0.387. The standard InChI is InChI=1S/C15H22N2O5S/c1-11(19)4-6-16-23(21,22)14-3-2-13-9-17(15(20)10-18)7-5-12(13)8-14/h2-3,8,11,16,18-19H,4-7,9-10H2,1H3/t11-/m1/s1. The van der Waals surface area contributed by atoms with E-state index in [0.717, 1.165) is 11.1 Å². The normalized spacial score (nSPS) is 16.0. The molecule has 0 radical (unpaired) electrons. The maximum Gasteiger partial charge on any atom is 0.248 e. The number of sulfonamides is 1. The van der Waals surface area contributed by atoms with Gasteiger partial charge in [-0.15, -0.1) is 0 Å². The Labute approximate surface area is 136 Å². The molecule has 23 heavy (non-hydrogen) atoms. The van der Waals surface area contributed by atoms with Gasteiger partial charge in [-0.25, -0.2) is 13.1 Å². The van der Waals surface area contributed by atoms with Crippen molar-refractivity contribution in [3.63, 3.8) is 0 Å². The summed E-state index contributed by atoms with van der Waals surface area (Å²) in [5, 5.41) is 18.1. The van der Waals surface area contributed by atoms with E-state index in [-0.39, 0.29) is 17.3 Å². The van der Waals surface area contributed by atoms with Crippen molar-refractivity contribution in [1.82, 2.24) is 9.62 Å². The third kappa shape index (κ3) is 4.51. The first-order valence-electron chi connectivity index (χ1n) is 7.51. The van der Waals surface area contributed by atoms with Crippen LogP contribution < -0.4 is 4.72 Å². The number of aliphatic hydroxyl groups excluding tert-OH is 2. The third-order valence-corrected chi connectivity index (χ3v) is 5.30. The molecule has 1 aliphatic rings. The van der Waals surface area contributed by atoms with Crippen molar-refractivity contribution in [3.8, 4) is 0 Å². The third-order valence-electron chi connectivity index (χ3n) is 3.84. The summed E-state index contributed by atoms with van der Waals surface area (Å²) in [5.41, 5.74) is 1.78. The van der Waals surface area contributed by atoms with Gasteiger partial charge in [-0.1, -0.05) is 6.07 Å². The molecule has 0 saturated carbocycles. The van der Waals surface area contributed by atoms with Crippen molar-refractivity contribution < 1.29 is 23.4 Å². The first-order chi connectivity index (χ1) is 10.8. The number of fused-ring (bicyclic) bond motifs is 1. The van der Waals surface area contributed by atoms with Crippen LogP contribution in [-0.4, -0.2) is 55.2 Å². The summed E-state index contributed by atoms with van der Waals surface area (Å²) >= 11 is 0. The minimum Gasteiger partial charge on any atom is -0.393 e. The molecule has 0 fully saturated rings. The Bertz CT molecular complexity index is 672. The molecule has 3 N–H and O–H groups in total. The summed E-state index contributed by atoms with van der Waals surface area (Å²) in [5.74, 6) is -0.327. The lowest BCUT2D eigenvalue weighted by Crippen LogP contribution is -2.37. The smallest absolute Gasteiger partial charge is 0.248 e. The molecule has 0 bridgehead atoms. The largest absolute Gasteiger partial charge is 0.393 e. The maximum absolute atomic E-state index is 12.2. The zero-order valence-corrected chi connectivity index (χ0v) is 13.8. The number of rotatable bonds is 6. The van der Waals surface area contributed by atoms with Crippen molar-refractivity contribution in [2.24, 2.45) is 0 Å². The Morgan fingerprint density at radius 3 is 2.78 bits per heavy atom. The Morgan fingerprint density at radius 1 is 1.39 bits per heavy atom. The van der Waals surface area contributed by atoms with Crippen molar-refractivity contribution in [2.75, 3.05) is 19.7 Å². The molecule has 0 saturated heterocycles. The van der Waals surface area contributed by atoms with Crippen LogP contribution in [-0.2, 0) is 27.8 Å². The van der Waals surface area contributed by atoms with E-state index >= 15 is 0 Å². The van der Waals surface area contributed by atoms with E-state index in [1.165, 1.54) is 6.07 Å². The maximum atomic E-state index is 12.2. The van der Waals surface area contributed by atoms with Gasteiger partial charge in [0.15, 0.2) is 0 Å². The molecule has 2 rings (SSSR count). The molecule has 0 aliphatic carbocycles. The molecule has 1 aromatic carbocycles. The number of aliphatic hydroxyl groups is 2. The quantitative estimate of drug-likeness (QED) is 0.653. The van der Waals surface area contributed by atoms with Gasteiger partial charge in [0.05, 0.1) is 11.0 Å². The Kier molecular flexibility index (Phi) is 5.74. The highest BCUT2D eigenvalue weighted by molar-refractivity contribution is 7.89. The molecule has 7 nitrogen and oxygen atoms in total. The van der Waals surface area contributed by atoms with E-state index in [0.29, 0.717) is 25.9 Å². The van der Waals surface area contributed by atoms with Crippen LogP contribution in [0.4, 0.5) is 0 Å². The number of hydrogen-bond donors (Lipinski definition) is 3. The van der Waals surface area contributed by atoms with E-state index in [9.17, 15) is 18.3 Å². The minimum absolute atomic E-state index is 0.176. The molecular formula is C15H22N2O5S. The van der Waals surface area contributed by atoms with Gasteiger partial charge in [-0.3, -0.25) is 4.79 Å². The summed E-state index contributed by atoms with van der Waals surface area (Å²) in [4.78, 5) is 13.3. The molecule has 1 heterocycles. The zero-order chi connectivity index (χ0) is 17.0. The van der Waals surface area contributed by atoms with Gasteiger partial charge >= 0.3 is 0 Å². The molecule has 1 atom stereocenters. The highest BCUT2D eigenvalue weighted by Gasteiger charge is 2.22. The minimum atomic E-state index is -3.61. The first kappa shape index (κ1) is 17.9. The molecular weight excluding hydrogens is 320 g/mol. The molecule has 1 aromatic rings. The van der Waals surface area contributed by atoms with Gasteiger partial charge in [0.1, 0.15) is 6.61 Å². The van der Waals surface area contributed by atoms with E-state index in [2.05, 4.69) is 4.72 Å². The molecule has 0 spiro atoms. The van der Waals surface area contributed by atoms with E-state index in [1.807, 2.05) is 0 Å². The van der Waals surface area contributed by atoms with Gasteiger partial charge in [0, 0.05) is 19.6 Å². The zero-order valence-electron chi connectivity index (χ0n) is 13.0. The van der Waals surface area contributed by atoms with E-state index < -0.39 is 22.7 Å². The van der Waals surface area contributed by atoms with E-state index in [1.54, 1.807) is 24.0 Å². The molecule has 1 amide bonds. The van der Waals surface area contributed by atoms with Crippen molar-refractivity contribution in [1.29, 1.82) is 0 Å². The fourth-order valence-electron chi connectivity index (χ4n) is 2.49. The second-order valence-corrected chi connectivity index (χ2v) is 7.46. The predicted molar refractivity (Wildman–Crippen MR) is 84.1 cm³/mol. The van der Waals surface area contributed by atoms with Crippen molar-refractivity contribution in [3.05, 3.63) is 29.3 Å². The van der Waals surface area contributed by atoms with Crippen LogP contribution in [0, 0.1) is 0 Å². The first-order valence-corrected chi connectivity index (χ1v) is 9.00. The summed E-state index contributed by atoms with van der Waals surface area (Å²) in [6.07, 6.45) is 0.344. The molecule has 1 aliphatic heterocycles. The molecule has 128 valence electrons. The fraction of sp³-hybridized carbons (Fsp3) is 0.533. The summed E-state index contributed by atoms with van der Waals surface area (Å²) in [7, 11) is -3.61. The lowest BCUT2D eigenvalue weighted by molar-refractivity contribution is -0.135. The van der Waals surface area contributed by atoms with Crippen molar-refractivity contribution in [2.45, 2.75) is 37.3 Å². The van der Waals surface area contributed by atoms with Gasteiger partial charge < -0.3 is 15.1 Å². The number of carbonyl (C=O) groups excluding carboxylic acids is 1. The van der Waals surface area contributed by atoms with Gasteiger partial charge in [-0.2, -0.15) is 0 Å². The summed E-state index contributed by atoms with van der Waals surface area (Å²) in [6.45, 7) is 2.10. The number of nitrogens with zero attached hydrogens (tertiary/aromatic N) is 1. The highest BCUT2D eigenvalue weighted by Crippen LogP contribution is 2.22. The van der Waals surface area contributed by atoms with Crippen LogP contribution in [0.1, 0.15) is 24.5 Å². The monoisotopic (exact) mass is 342 g/mol. The number of amides is 1. The summed E-state index contributed by atoms with van der Waals surface area (Å²) < 4.78 is 26.9. The average Bonchev–Trinajstić information content (AvgIpc) is 2.52. The molecule has 8 heteroatoms. The van der Waals surface area contributed by atoms with Gasteiger partial charge in [-0.05, 0) is 43.0 Å².